The highest BCUT2D eigenvalue weighted by Gasteiger charge is 2.02. The molecule has 5 heteroatoms. The van der Waals surface area contributed by atoms with Crippen LogP contribution in [0.4, 0.5) is 10.1 Å². The summed E-state index contributed by atoms with van der Waals surface area (Å²) in [5, 5.41) is 3.22. The zero-order valence-electron chi connectivity index (χ0n) is 13.6. The van der Waals surface area contributed by atoms with Gasteiger partial charge >= 0.3 is 0 Å². The van der Waals surface area contributed by atoms with E-state index in [1.807, 2.05) is 53.9 Å². The van der Waals surface area contributed by atoms with Gasteiger partial charge in [-0.3, -0.25) is 0 Å². The van der Waals surface area contributed by atoms with Crippen LogP contribution in [0.1, 0.15) is 5.56 Å². The molecular weight excluding hydrogens is 388 g/mol. The Morgan fingerprint density at radius 2 is 1.62 bits per heavy atom. The lowest BCUT2D eigenvalue weighted by atomic mass is 10.1. The monoisotopic (exact) mass is 401 g/mol. The van der Waals surface area contributed by atoms with Crippen LogP contribution in [0.5, 0.6) is 0 Å². The van der Waals surface area contributed by atoms with Gasteiger partial charge in [-0.15, -0.1) is 0 Å². The van der Waals surface area contributed by atoms with Gasteiger partial charge in [0.2, 0.25) is 0 Å². The second kappa shape index (κ2) is 9.04. The number of thioether (sulfide) groups is 1. The molecule has 3 aromatic rings. The summed E-state index contributed by atoms with van der Waals surface area (Å²) in [6.07, 6.45) is 1.91. The van der Waals surface area contributed by atoms with Gasteiger partial charge in [-0.2, -0.15) is 0 Å². The number of hydrogen-bond donors (Lipinski definition) is 0. The number of hydrogen-bond acceptors (Lipinski definition) is 2. The quantitative estimate of drug-likeness (QED) is 0.317. The second-order valence-electron chi connectivity index (χ2n) is 5.36. The van der Waals surface area contributed by atoms with E-state index in [0.29, 0.717) is 10.0 Å². The van der Waals surface area contributed by atoms with Gasteiger partial charge < -0.3 is 0 Å². The van der Waals surface area contributed by atoms with Crippen molar-refractivity contribution in [1.82, 2.24) is 0 Å². The van der Waals surface area contributed by atoms with Crippen molar-refractivity contribution < 1.29 is 4.39 Å². The number of rotatable bonds is 5. The molecule has 0 aliphatic heterocycles. The Kier molecular flexibility index (Phi) is 6.51. The summed E-state index contributed by atoms with van der Waals surface area (Å²) in [6, 6.07) is 21.2. The van der Waals surface area contributed by atoms with Gasteiger partial charge in [0.1, 0.15) is 5.82 Å². The molecule has 0 amide bonds. The van der Waals surface area contributed by atoms with Crippen LogP contribution in [0.15, 0.2) is 94.2 Å². The molecule has 3 rings (SSSR count). The zero-order valence-corrected chi connectivity index (χ0v) is 15.9. The fourth-order valence-electron chi connectivity index (χ4n) is 2.19. The average Bonchev–Trinajstić information content (AvgIpc) is 2.63. The van der Waals surface area contributed by atoms with E-state index in [1.165, 1.54) is 23.9 Å². The Morgan fingerprint density at radius 1 is 0.885 bits per heavy atom. The largest absolute Gasteiger partial charge is 0.248 e. The summed E-state index contributed by atoms with van der Waals surface area (Å²) >= 11 is 13.5. The molecule has 0 spiro atoms. The molecule has 0 fully saturated rings. The van der Waals surface area contributed by atoms with Crippen molar-refractivity contribution >= 4 is 46.4 Å². The van der Waals surface area contributed by atoms with Gasteiger partial charge in [0.15, 0.2) is 0 Å². The summed E-state index contributed by atoms with van der Waals surface area (Å²) in [4.78, 5) is 5.64. The van der Waals surface area contributed by atoms with Crippen LogP contribution < -0.4 is 0 Å². The van der Waals surface area contributed by atoms with Crippen molar-refractivity contribution in [3.05, 3.63) is 106 Å². The summed E-state index contributed by atoms with van der Waals surface area (Å²) in [5.74, 6) is -0.247. The number of benzene rings is 3. The van der Waals surface area contributed by atoms with Crippen molar-refractivity contribution in [1.29, 1.82) is 0 Å². The second-order valence-corrected chi connectivity index (χ2v) is 7.21. The van der Waals surface area contributed by atoms with Crippen LogP contribution in [0.2, 0.25) is 10.0 Å². The van der Waals surface area contributed by atoms with Gasteiger partial charge in [-0.1, -0.05) is 53.2 Å². The molecule has 0 aliphatic rings. The van der Waals surface area contributed by atoms with Crippen LogP contribution in [0.3, 0.4) is 0 Å². The van der Waals surface area contributed by atoms with Gasteiger partial charge in [-0.05, 0) is 66.1 Å². The van der Waals surface area contributed by atoms with Gasteiger partial charge in [0.25, 0.3) is 0 Å². The SMILES string of the molecule is Fc1ccc(S/C=C/C(=N/c2cccc(Cl)c2)c2ccc(Cl)cc2)cc1. The van der Waals surface area contributed by atoms with Crippen LogP contribution in [-0.2, 0) is 0 Å². The summed E-state index contributed by atoms with van der Waals surface area (Å²) in [6.45, 7) is 0. The van der Waals surface area contributed by atoms with Crippen molar-refractivity contribution in [2.75, 3.05) is 0 Å². The van der Waals surface area contributed by atoms with E-state index in [9.17, 15) is 4.39 Å². The third-order valence-corrected chi connectivity index (χ3v) is 4.74. The minimum atomic E-state index is -0.247. The van der Waals surface area contributed by atoms with E-state index in [-0.39, 0.29) is 5.82 Å². The standard InChI is InChI=1S/C21H14Cl2FNS/c22-16-6-4-15(5-7-16)21(25-19-3-1-2-17(23)14-19)12-13-26-20-10-8-18(24)9-11-20/h1-14H/b13-12+,25-21-. The zero-order chi connectivity index (χ0) is 18.4. The molecule has 0 heterocycles. The third kappa shape index (κ3) is 5.46. The van der Waals surface area contributed by atoms with Crippen LogP contribution in [0.25, 0.3) is 0 Å². The lowest BCUT2D eigenvalue weighted by Crippen LogP contribution is -1.95. The molecule has 0 bridgehead atoms. The fraction of sp³-hybridized carbons (Fsp3) is 0. The maximum absolute atomic E-state index is 13.0. The Balaban J connectivity index is 1.88. The average molecular weight is 402 g/mol. The Morgan fingerprint density at radius 3 is 2.31 bits per heavy atom. The molecule has 0 radical (unpaired) electrons. The van der Waals surface area contributed by atoms with E-state index >= 15 is 0 Å². The molecule has 0 aliphatic carbocycles. The van der Waals surface area contributed by atoms with Crippen molar-refractivity contribution in [2.45, 2.75) is 4.90 Å². The summed E-state index contributed by atoms with van der Waals surface area (Å²) in [7, 11) is 0. The third-order valence-electron chi connectivity index (χ3n) is 3.44. The van der Waals surface area contributed by atoms with Gasteiger partial charge in [-0.25, -0.2) is 9.38 Å². The first-order valence-corrected chi connectivity index (χ1v) is 9.43. The lowest BCUT2D eigenvalue weighted by molar-refractivity contribution is 0.626. The minimum Gasteiger partial charge on any atom is -0.248 e. The summed E-state index contributed by atoms with van der Waals surface area (Å²) in [5.41, 5.74) is 2.47. The predicted molar refractivity (Wildman–Crippen MR) is 110 cm³/mol. The fourth-order valence-corrected chi connectivity index (χ4v) is 3.15. The molecule has 0 saturated carbocycles. The first-order valence-electron chi connectivity index (χ1n) is 7.79. The van der Waals surface area contributed by atoms with Crippen molar-refractivity contribution in [2.24, 2.45) is 4.99 Å². The molecule has 26 heavy (non-hydrogen) atoms. The first-order chi connectivity index (χ1) is 12.6. The molecule has 0 N–H and O–H groups in total. The Labute approximate surface area is 166 Å². The number of aliphatic imine (C=N–C) groups is 1. The molecule has 1 nitrogen and oxygen atoms in total. The lowest BCUT2D eigenvalue weighted by Gasteiger charge is -2.04. The molecule has 3 aromatic carbocycles. The highest BCUT2D eigenvalue weighted by atomic mass is 35.5. The van der Waals surface area contributed by atoms with E-state index in [0.717, 1.165) is 21.9 Å². The molecule has 130 valence electrons. The van der Waals surface area contributed by atoms with E-state index < -0.39 is 0 Å². The van der Waals surface area contributed by atoms with Crippen molar-refractivity contribution in [3.8, 4) is 0 Å². The van der Waals surface area contributed by atoms with E-state index in [2.05, 4.69) is 0 Å². The van der Waals surface area contributed by atoms with Crippen molar-refractivity contribution in [3.63, 3.8) is 0 Å². The maximum Gasteiger partial charge on any atom is 0.123 e. The van der Waals surface area contributed by atoms with Crippen LogP contribution in [0, 0.1) is 5.82 Å². The molecule has 0 aromatic heterocycles. The normalized spacial score (nSPS) is 11.9. The highest BCUT2D eigenvalue weighted by Crippen LogP contribution is 2.23. The molecule has 0 unspecified atom stereocenters. The Bertz CT molecular complexity index is 935. The molecule has 0 atom stereocenters. The smallest absolute Gasteiger partial charge is 0.123 e. The van der Waals surface area contributed by atoms with E-state index in [4.69, 9.17) is 28.2 Å². The minimum absolute atomic E-state index is 0.247. The highest BCUT2D eigenvalue weighted by molar-refractivity contribution is 8.02. The summed E-state index contributed by atoms with van der Waals surface area (Å²) < 4.78 is 13.0. The Hall–Kier alpha value is -2.07. The van der Waals surface area contributed by atoms with Gasteiger partial charge in [0.05, 0.1) is 11.4 Å². The van der Waals surface area contributed by atoms with Crippen LogP contribution in [-0.4, -0.2) is 5.71 Å². The molecule has 0 saturated heterocycles. The predicted octanol–water partition coefficient (Wildman–Crippen LogP) is 7.56. The number of halogens is 3. The molecular formula is C21H14Cl2FNS. The van der Waals surface area contributed by atoms with E-state index in [1.54, 1.807) is 18.2 Å². The first kappa shape index (κ1) is 18.7. The number of nitrogens with zero attached hydrogens (tertiary/aromatic N) is 1. The topological polar surface area (TPSA) is 12.4 Å². The number of allylic oxidation sites excluding steroid dienone is 1. The van der Waals surface area contributed by atoms with Crippen LogP contribution >= 0.6 is 35.0 Å². The maximum atomic E-state index is 13.0. The van der Waals surface area contributed by atoms with Gasteiger partial charge in [0, 0.05) is 20.5 Å².